The number of rotatable bonds is 3. The summed E-state index contributed by atoms with van der Waals surface area (Å²) in [6.45, 7) is 2.66. The van der Waals surface area contributed by atoms with Crippen molar-refractivity contribution in [2.75, 3.05) is 13.1 Å². The van der Waals surface area contributed by atoms with Gasteiger partial charge in [0, 0.05) is 12.5 Å². The zero-order chi connectivity index (χ0) is 13.8. The van der Waals surface area contributed by atoms with Crippen molar-refractivity contribution in [3.8, 4) is 0 Å². The lowest BCUT2D eigenvalue weighted by molar-refractivity contribution is 0.0229. The van der Waals surface area contributed by atoms with Gasteiger partial charge >= 0.3 is 12.1 Å². The van der Waals surface area contributed by atoms with Gasteiger partial charge in [-0.15, -0.1) is 0 Å². The van der Waals surface area contributed by atoms with Crippen LogP contribution >= 0.6 is 0 Å². The second kappa shape index (κ2) is 5.73. The third-order valence-electron chi connectivity index (χ3n) is 3.44. The average Bonchev–Trinajstić information content (AvgIpc) is 2.83. The zero-order valence-electron chi connectivity index (χ0n) is 10.8. The summed E-state index contributed by atoms with van der Waals surface area (Å²) in [7, 11) is 0. The first kappa shape index (κ1) is 13.4. The van der Waals surface area contributed by atoms with E-state index in [0.717, 1.165) is 6.42 Å². The molecule has 0 aromatic heterocycles. The van der Waals surface area contributed by atoms with Gasteiger partial charge < -0.3 is 14.7 Å². The van der Waals surface area contributed by atoms with E-state index >= 15 is 0 Å². The Morgan fingerprint density at radius 3 is 2.58 bits per heavy atom. The average molecular weight is 263 g/mol. The first-order chi connectivity index (χ1) is 9.11. The molecule has 1 fully saturated rings. The van der Waals surface area contributed by atoms with Crippen LogP contribution in [-0.4, -0.2) is 41.3 Å². The van der Waals surface area contributed by atoms with Crippen molar-refractivity contribution in [2.24, 2.45) is 5.92 Å². The van der Waals surface area contributed by atoms with E-state index in [1.54, 1.807) is 24.3 Å². The van der Waals surface area contributed by atoms with Crippen LogP contribution < -0.4 is 0 Å². The molecule has 1 aromatic rings. The largest absolute Gasteiger partial charge is 0.465 e. The molecule has 5 nitrogen and oxygen atoms in total. The normalized spacial score (nSPS) is 22.3. The van der Waals surface area contributed by atoms with Crippen LogP contribution in [0.15, 0.2) is 30.3 Å². The maximum absolute atomic E-state index is 12.0. The lowest BCUT2D eigenvalue weighted by atomic mass is 10.0. The monoisotopic (exact) mass is 263 g/mol. The number of benzene rings is 1. The highest BCUT2D eigenvalue weighted by Gasteiger charge is 2.36. The molecule has 0 radical (unpaired) electrons. The number of carbonyl (C=O) groups is 2. The fraction of sp³-hybridized carbons (Fsp3) is 0.429. The molecule has 2 rings (SSSR count). The predicted octanol–water partition coefficient (Wildman–Crippen LogP) is 2.23. The van der Waals surface area contributed by atoms with Crippen molar-refractivity contribution >= 4 is 12.1 Å². The molecule has 0 spiro atoms. The molecule has 1 aliphatic rings. The minimum absolute atomic E-state index is 0.0729. The highest BCUT2D eigenvalue weighted by atomic mass is 16.5. The molecule has 1 saturated heterocycles. The number of carboxylic acid groups (broad SMARTS) is 1. The summed E-state index contributed by atoms with van der Waals surface area (Å²) in [5.74, 6) is -0.319. The summed E-state index contributed by atoms with van der Waals surface area (Å²) in [5, 5.41) is 8.98. The number of amides is 1. The Hall–Kier alpha value is -2.04. The minimum Gasteiger partial charge on any atom is -0.465 e. The van der Waals surface area contributed by atoms with Gasteiger partial charge in [-0.05, 0) is 18.6 Å². The molecule has 1 aromatic carbocycles. The number of likely N-dealkylation sites (tertiary alicyclic amines) is 1. The van der Waals surface area contributed by atoms with Gasteiger partial charge in [0.15, 0.2) is 0 Å². The van der Waals surface area contributed by atoms with Crippen molar-refractivity contribution < 1.29 is 19.4 Å². The number of nitrogens with zero attached hydrogens (tertiary/aromatic N) is 1. The van der Waals surface area contributed by atoms with Crippen LogP contribution in [0.4, 0.5) is 4.79 Å². The Balaban J connectivity index is 2.02. The van der Waals surface area contributed by atoms with Crippen molar-refractivity contribution in [2.45, 2.75) is 19.4 Å². The number of hydrogen-bond donors (Lipinski definition) is 1. The van der Waals surface area contributed by atoms with Crippen molar-refractivity contribution in [1.29, 1.82) is 0 Å². The van der Waals surface area contributed by atoms with E-state index in [1.807, 2.05) is 13.0 Å². The summed E-state index contributed by atoms with van der Waals surface area (Å²) < 4.78 is 5.44. The van der Waals surface area contributed by atoms with E-state index in [1.165, 1.54) is 4.90 Å². The zero-order valence-corrected chi connectivity index (χ0v) is 10.8. The van der Waals surface area contributed by atoms with Gasteiger partial charge in [-0.2, -0.15) is 0 Å². The lowest BCUT2D eigenvalue weighted by Crippen LogP contribution is -2.29. The highest BCUT2D eigenvalue weighted by molar-refractivity contribution is 5.89. The molecule has 0 unspecified atom stereocenters. The highest BCUT2D eigenvalue weighted by Crippen LogP contribution is 2.23. The molecule has 1 heterocycles. The predicted molar refractivity (Wildman–Crippen MR) is 69.0 cm³/mol. The second-order valence-electron chi connectivity index (χ2n) is 4.67. The fourth-order valence-electron chi connectivity index (χ4n) is 2.30. The van der Waals surface area contributed by atoms with Crippen LogP contribution in [0.2, 0.25) is 0 Å². The van der Waals surface area contributed by atoms with Crippen LogP contribution in [0.1, 0.15) is 23.7 Å². The fourth-order valence-corrected chi connectivity index (χ4v) is 2.30. The van der Waals surface area contributed by atoms with Crippen LogP contribution in [0.25, 0.3) is 0 Å². The molecule has 0 aliphatic carbocycles. The third kappa shape index (κ3) is 3.05. The van der Waals surface area contributed by atoms with E-state index < -0.39 is 12.1 Å². The van der Waals surface area contributed by atoms with Crippen molar-refractivity contribution in [1.82, 2.24) is 4.90 Å². The Bertz CT molecular complexity index is 460. The molecule has 19 heavy (non-hydrogen) atoms. The molecular formula is C14H17NO4. The van der Waals surface area contributed by atoms with Gasteiger partial charge in [-0.25, -0.2) is 9.59 Å². The summed E-state index contributed by atoms with van der Waals surface area (Å²) in [4.78, 5) is 24.2. The third-order valence-corrected chi connectivity index (χ3v) is 3.44. The Morgan fingerprint density at radius 1 is 1.32 bits per heavy atom. The lowest BCUT2D eigenvalue weighted by Gasteiger charge is -2.17. The smallest absolute Gasteiger partial charge is 0.407 e. The maximum Gasteiger partial charge on any atom is 0.407 e. The summed E-state index contributed by atoms with van der Waals surface area (Å²) in [6.07, 6.45) is -0.526. The van der Waals surface area contributed by atoms with Gasteiger partial charge in [0.05, 0.1) is 12.1 Å². The maximum atomic E-state index is 12.0. The van der Waals surface area contributed by atoms with Gasteiger partial charge in [0.1, 0.15) is 6.10 Å². The quantitative estimate of drug-likeness (QED) is 0.849. The van der Waals surface area contributed by atoms with E-state index in [-0.39, 0.29) is 18.6 Å². The van der Waals surface area contributed by atoms with E-state index in [2.05, 4.69) is 0 Å². The molecule has 2 atom stereocenters. The van der Waals surface area contributed by atoms with Crippen LogP contribution in [0.5, 0.6) is 0 Å². The standard InChI is InChI=1S/C14H17NO4/c1-2-10-8-15(14(17)18)9-12(10)19-13(16)11-6-4-3-5-7-11/h3-7,10,12H,2,8-9H2,1H3,(H,17,18)/t10-,12+/m1/s1. The molecule has 0 saturated carbocycles. The van der Waals surface area contributed by atoms with Crippen LogP contribution in [0, 0.1) is 5.92 Å². The summed E-state index contributed by atoms with van der Waals surface area (Å²) in [5.41, 5.74) is 0.492. The molecular weight excluding hydrogens is 246 g/mol. The number of ether oxygens (including phenoxy) is 1. The van der Waals surface area contributed by atoms with Gasteiger partial charge in [-0.3, -0.25) is 0 Å². The first-order valence-electron chi connectivity index (χ1n) is 6.35. The Kier molecular flexibility index (Phi) is 4.04. The van der Waals surface area contributed by atoms with Gasteiger partial charge in [-0.1, -0.05) is 25.1 Å². The SMILES string of the molecule is CC[C@@H]1CN(C(=O)O)C[C@@H]1OC(=O)c1ccccc1. The van der Waals surface area contributed by atoms with Crippen LogP contribution in [-0.2, 0) is 4.74 Å². The minimum atomic E-state index is -0.961. The Labute approximate surface area is 111 Å². The van der Waals surface area contributed by atoms with Crippen molar-refractivity contribution in [3.05, 3.63) is 35.9 Å². The topological polar surface area (TPSA) is 66.8 Å². The van der Waals surface area contributed by atoms with Crippen LogP contribution in [0.3, 0.4) is 0 Å². The van der Waals surface area contributed by atoms with Gasteiger partial charge in [0.25, 0.3) is 0 Å². The molecule has 5 heteroatoms. The number of esters is 1. The Morgan fingerprint density at radius 2 is 2.00 bits per heavy atom. The molecule has 0 bridgehead atoms. The molecule has 102 valence electrons. The second-order valence-corrected chi connectivity index (χ2v) is 4.67. The molecule has 1 amide bonds. The first-order valence-corrected chi connectivity index (χ1v) is 6.35. The number of hydrogen-bond acceptors (Lipinski definition) is 3. The van der Waals surface area contributed by atoms with Gasteiger partial charge in [0.2, 0.25) is 0 Å². The van der Waals surface area contributed by atoms with Crippen molar-refractivity contribution in [3.63, 3.8) is 0 Å². The molecule has 1 N–H and O–H groups in total. The number of carbonyl (C=O) groups excluding carboxylic acids is 1. The summed E-state index contributed by atoms with van der Waals surface area (Å²) >= 11 is 0. The van der Waals surface area contributed by atoms with E-state index in [9.17, 15) is 9.59 Å². The summed E-state index contributed by atoms with van der Waals surface area (Å²) in [6, 6.07) is 8.74. The molecule has 1 aliphatic heterocycles. The van der Waals surface area contributed by atoms with E-state index in [4.69, 9.17) is 9.84 Å². The van der Waals surface area contributed by atoms with E-state index in [0.29, 0.717) is 12.1 Å².